The Labute approximate surface area is 127 Å². The lowest BCUT2D eigenvalue weighted by Gasteiger charge is -2.08. The van der Waals surface area contributed by atoms with Gasteiger partial charge in [-0.2, -0.15) is 0 Å². The van der Waals surface area contributed by atoms with E-state index < -0.39 is 0 Å². The van der Waals surface area contributed by atoms with Crippen LogP contribution in [0.3, 0.4) is 0 Å². The highest BCUT2D eigenvalue weighted by Crippen LogP contribution is 2.20. The first-order valence-electron chi connectivity index (χ1n) is 6.88. The molecule has 1 aromatic heterocycles. The first kappa shape index (κ1) is 13.9. The van der Waals surface area contributed by atoms with Gasteiger partial charge in [-0.1, -0.05) is 12.1 Å². The van der Waals surface area contributed by atoms with Gasteiger partial charge in [0.2, 0.25) is 5.91 Å². The second kappa shape index (κ2) is 5.73. The van der Waals surface area contributed by atoms with Crippen LogP contribution in [-0.4, -0.2) is 16.8 Å². The molecule has 0 spiro atoms. The summed E-state index contributed by atoms with van der Waals surface area (Å²) in [5.74, 6) is -0.342. The van der Waals surface area contributed by atoms with E-state index in [0.717, 1.165) is 10.9 Å². The summed E-state index contributed by atoms with van der Waals surface area (Å²) in [4.78, 5) is 26.6. The van der Waals surface area contributed by atoms with Crippen LogP contribution in [0.2, 0.25) is 0 Å². The van der Waals surface area contributed by atoms with Crippen molar-refractivity contribution in [3.05, 3.63) is 60.3 Å². The number of hydrogen-bond acceptors (Lipinski definition) is 2. The van der Waals surface area contributed by atoms with Gasteiger partial charge < -0.3 is 15.6 Å². The second-order valence-electron chi connectivity index (χ2n) is 4.96. The number of fused-ring (bicyclic) bond motifs is 1. The Hall–Kier alpha value is -3.08. The van der Waals surface area contributed by atoms with Crippen LogP contribution in [0, 0.1) is 0 Å². The quantitative estimate of drug-likeness (QED) is 0.692. The number of rotatable bonds is 3. The van der Waals surface area contributed by atoms with Gasteiger partial charge in [0, 0.05) is 41.0 Å². The SMILES string of the molecule is CC(=O)Nc1cccc(NC(=O)c2cccc3[nH]ccc23)c1. The molecule has 0 saturated carbocycles. The molecule has 0 saturated heterocycles. The molecule has 0 unspecified atom stereocenters. The molecule has 3 N–H and O–H groups in total. The van der Waals surface area contributed by atoms with Gasteiger partial charge in [-0.25, -0.2) is 0 Å². The van der Waals surface area contributed by atoms with E-state index in [-0.39, 0.29) is 11.8 Å². The van der Waals surface area contributed by atoms with Crippen LogP contribution >= 0.6 is 0 Å². The second-order valence-corrected chi connectivity index (χ2v) is 4.96. The third kappa shape index (κ3) is 2.83. The molecule has 0 aliphatic rings. The monoisotopic (exact) mass is 293 g/mol. The Morgan fingerprint density at radius 2 is 1.68 bits per heavy atom. The number of benzene rings is 2. The van der Waals surface area contributed by atoms with E-state index in [1.807, 2.05) is 18.2 Å². The lowest BCUT2D eigenvalue weighted by molar-refractivity contribution is -0.114. The van der Waals surface area contributed by atoms with E-state index in [0.29, 0.717) is 16.9 Å². The van der Waals surface area contributed by atoms with Gasteiger partial charge in [-0.05, 0) is 36.4 Å². The van der Waals surface area contributed by atoms with Gasteiger partial charge in [-0.3, -0.25) is 9.59 Å². The Bertz CT molecular complexity index is 852. The summed E-state index contributed by atoms with van der Waals surface area (Å²) < 4.78 is 0. The fourth-order valence-electron chi connectivity index (χ4n) is 2.36. The first-order valence-corrected chi connectivity index (χ1v) is 6.88. The van der Waals surface area contributed by atoms with Crippen molar-refractivity contribution in [2.45, 2.75) is 6.92 Å². The summed E-state index contributed by atoms with van der Waals surface area (Å²) >= 11 is 0. The van der Waals surface area contributed by atoms with E-state index in [9.17, 15) is 9.59 Å². The molecule has 0 bridgehead atoms. The number of hydrogen-bond donors (Lipinski definition) is 3. The molecular formula is C17H15N3O2. The molecule has 3 aromatic rings. The summed E-state index contributed by atoms with van der Waals surface area (Å²) in [5.41, 5.74) is 2.79. The van der Waals surface area contributed by atoms with Gasteiger partial charge in [0.1, 0.15) is 0 Å². The van der Waals surface area contributed by atoms with Crippen molar-refractivity contribution in [3.63, 3.8) is 0 Å². The van der Waals surface area contributed by atoms with E-state index >= 15 is 0 Å². The number of aromatic amines is 1. The average Bonchev–Trinajstić information content (AvgIpc) is 2.95. The smallest absolute Gasteiger partial charge is 0.256 e. The van der Waals surface area contributed by atoms with Crippen molar-refractivity contribution in [1.82, 2.24) is 4.98 Å². The molecule has 110 valence electrons. The summed E-state index contributed by atoms with van der Waals surface area (Å²) in [6.07, 6.45) is 1.80. The summed E-state index contributed by atoms with van der Waals surface area (Å²) in [6.45, 7) is 1.44. The minimum absolute atomic E-state index is 0.152. The number of H-pyrrole nitrogens is 1. The van der Waals surface area contributed by atoms with E-state index in [1.54, 1.807) is 36.5 Å². The molecule has 0 radical (unpaired) electrons. The van der Waals surface area contributed by atoms with Crippen molar-refractivity contribution in [3.8, 4) is 0 Å². The minimum Gasteiger partial charge on any atom is -0.361 e. The number of anilines is 2. The molecule has 2 amide bonds. The predicted molar refractivity (Wildman–Crippen MR) is 87.0 cm³/mol. The summed E-state index contributed by atoms with van der Waals surface area (Å²) in [7, 11) is 0. The highest BCUT2D eigenvalue weighted by atomic mass is 16.2. The van der Waals surface area contributed by atoms with Crippen LogP contribution in [0.4, 0.5) is 11.4 Å². The zero-order valence-corrected chi connectivity index (χ0v) is 12.0. The van der Waals surface area contributed by atoms with Gasteiger partial charge in [0.15, 0.2) is 0 Å². The highest BCUT2D eigenvalue weighted by Gasteiger charge is 2.11. The Kier molecular flexibility index (Phi) is 3.62. The lowest BCUT2D eigenvalue weighted by Crippen LogP contribution is -2.12. The topological polar surface area (TPSA) is 74.0 Å². The number of aromatic nitrogens is 1. The lowest BCUT2D eigenvalue weighted by atomic mass is 10.1. The summed E-state index contributed by atoms with van der Waals surface area (Å²) in [5, 5.41) is 6.41. The zero-order valence-electron chi connectivity index (χ0n) is 12.0. The first-order chi connectivity index (χ1) is 10.6. The number of carbonyl (C=O) groups excluding carboxylic acids is 2. The van der Waals surface area contributed by atoms with Crippen LogP contribution < -0.4 is 10.6 Å². The maximum Gasteiger partial charge on any atom is 0.256 e. The fourth-order valence-corrected chi connectivity index (χ4v) is 2.36. The molecule has 5 heteroatoms. The van der Waals surface area contributed by atoms with Crippen LogP contribution in [0.1, 0.15) is 17.3 Å². The molecule has 0 aliphatic carbocycles. The van der Waals surface area contributed by atoms with Crippen LogP contribution in [-0.2, 0) is 4.79 Å². The predicted octanol–water partition coefficient (Wildman–Crippen LogP) is 3.38. The van der Waals surface area contributed by atoms with E-state index in [2.05, 4.69) is 15.6 Å². The van der Waals surface area contributed by atoms with Crippen LogP contribution in [0.15, 0.2) is 54.7 Å². The largest absolute Gasteiger partial charge is 0.361 e. The normalized spacial score (nSPS) is 10.4. The molecular weight excluding hydrogens is 278 g/mol. The van der Waals surface area contributed by atoms with Gasteiger partial charge in [-0.15, -0.1) is 0 Å². The van der Waals surface area contributed by atoms with Gasteiger partial charge in [0.25, 0.3) is 5.91 Å². The molecule has 3 rings (SSSR count). The molecule has 5 nitrogen and oxygen atoms in total. The van der Waals surface area contributed by atoms with Gasteiger partial charge >= 0.3 is 0 Å². The third-order valence-electron chi connectivity index (χ3n) is 3.28. The van der Waals surface area contributed by atoms with Crippen molar-refractivity contribution in [1.29, 1.82) is 0 Å². The highest BCUT2D eigenvalue weighted by molar-refractivity contribution is 6.12. The third-order valence-corrected chi connectivity index (χ3v) is 3.28. The van der Waals surface area contributed by atoms with Crippen molar-refractivity contribution in [2.75, 3.05) is 10.6 Å². The standard InChI is InChI=1S/C17H15N3O2/c1-11(21)19-12-4-2-5-13(10-12)20-17(22)15-6-3-7-16-14(15)8-9-18-16/h2-10,18H,1H3,(H,19,21)(H,20,22). The molecule has 0 fully saturated rings. The van der Waals surface area contributed by atoms with E-state index in [1.165, 1.54) is 6.92 Å². The molecule has 1 heterocycles. The molecule has 0 atom stereocenters. The Morgan fingerprint density at radius 3 is 2.45 bits per heavy atom. The number of amides is 2. The maximum atomic E-state index is 12.4. The van der Waals surface area contributed by atoms with Crippen molar-refractivity contribution < 1.29 is 9.59 Å². The van der Waals surface area contributed by atoms with Crippen LogP contribution in [0.5, 0.6) is 0 Å². The number of carbonyl (C=O) groups is 2. The Morgan fingerprint density at radius 1 is 0.955 bits per heavy atom. The zero-order chi connectivity index (χ0) is 15.5. The van der Waals surface area contributed by atoms with Gasteiger partial charge in [0.05, 0.1) is 0 Å². The average molecular weight is 293 g/mol. The molecule has 0 aliphatic heterocycles. The fraction of sp³-hybridized carbons (Fsp3) is 0.0588. The maximum absolute atomic E-state index is 12.4. The van der Waals surface area contributed by atoms with Crippen molar-refractivity contribution >= 4 is 34.1 Å². The number of nitrogens with one attached hydrogen (secondary N) is 3. The minimum atomic E-state index is -0.190. The van der Waals surface area contributed by atoms with Crippen molar-refractivity contribution in [2.24, 2.45) is 0 Å². The molecule has 2 aromatic carbocycles. The van der Waals surface area contributed by atoms with Crippen LogP contribution in [0.25, 0.3) is 10.9 Å². The Balaban J connectivity index is 1.85. The van der Waals surface area contributed by atoms with E-state index in [4.69, 9.17) is 0 Å². The summed E-state index contributed by atoms with van der Waals surface area (Å²) in [6, 6.07) is 14.4. The molecule has 22 heavy (non-hydrogen) atoms.